The highest BCUT2D eigenvalue weighted by atomic mass is 28.4. The molecule has 0 aliphatic heterocycles. The first-order valence-electron chi connectivity index (χ1n) is 18.4. The van der Waals surface area contributed by atoms with Crippen LogP contribution in [0.4, 0.5) is 5.82 Å². The molecule has 7 heteroatoms. The Morgan fingerprint density at radius 3 is 2.16 bits per heavy atom. The first kappa shape index (κ1) is 33.6. The first-order valence-corrected chi connectivity index (χ1v) is 20.3. The molecule has 2 aromatic heterocycles. The standard InChI is InChI=1S/C44H47N3O3Si/c1-44(2,3)51(35-18-9-5-10-19-35,36-20-11-6-12-21-36)50-40-26-33(25-34(40)28-48-27-31-15-7-4-8-16-31)38-29-49-42-41(38)45-30-46-43(42)47-39-24-23-32-17-13-14-22-37(32)39/h4-22,29-30,33-34,39-40H,23-28H2,1-3H3,(H,45,46,47)/t33-,34+,39+,40-/m1/s1. The molecule has 6 nitrogen and oxygen atoms in total. The van der Waals surface area contributed by atoms with Crippen molar-refractivity contribution in [3.8, 4) is 0 Å². The van der Waals surface area contributed by atoms with Gasteiger partial charge in [0, 0.05) is 11.5 Å². The molecule has 1 saturated carbocycles. The molecule has 0 amide bonds. The fourth-order valence-corrected chi connectivity index (χ4v) is 13.4. The van der Waals surface area contributed by atoms with E-state index in [0.717, 1.165) is 48.2 Å². The van der Waals surface area contributed by atoms with Gasteiger partial charge >= 0.3 is 0 Å². The zero-order valence-electron chi connectivity index (χ0n) is 29.8. The van der Waals surface area contributed by atoms with Crippen LogP contribution in [0.3, 0.4) is 0 Å². The maximum absolute atomic E-state index is 7.82. The first-order chi connectivity index (χ1) is 24.9. The molecule has 8 rings (SSSR count). The number of nitrogens with zero attached hydrogens (tertiary/aromatic N) is 2. The van der Waals surface area contributed by atoms with E-state index in [1.165, 1.54) is 27.1 Å². The summed E-state index contributed by atoms with van der Waals surface area (Å²) in [5, 5.41) is 6.16. The van der Waals surface area contributed by atoms with Crippen LogP contribution in [0.2, 0.25) is 5.04 Å². The second-order valence-electron chi connectivity index (χ2n) is 15.3. The van der Waals surface area contributed by atoms with Crippen LogP contribution < -0.4 is 15.7 Å². The van der Waals surface area contributed by atoms with Crippen molar-refractivity contribution >= 4 is 35.6 Å². The summed E-state index contributed by atoms with van der Waals surface area (Å²) in [4.78, 5) is 9.49. The second kappa shape index (κ2) is 14.2. The average Bonchev–Trinajstić information content (AvgIpc) is 3.89. The number of rotatable bonds is 11. The van der Waals surface area contributed by atoms with Gasteiger partial charge < -0.3 is 18.9 Å². The highest BCUT2D eigenvalue weighted by molar-refractivity contribution is 6.99. The molecule has 2 heterocycles. The van der Waals surface area contributed by atoms with Gasteiger partial charge in [-0.3, -0.25) is 0 Å². The van der Waals surface area contributed by atoms with E-state index in [0.29, 0.717) is 13.2 Å². The summed E-state index contributed by atoms with van der Waals surface area (Å²) in [6, 6.07) is 41.2. The normalized spacial score (nSPS) is 20.5. The number of furan rings is 1. The van der Waals surface area contributed by atoms with Crippen molar-refractivity contribution in [3.63, 3.8) is 0 Å². The van der Waals surface area contributed by atoms with Gasteiger partial charge in [-0.2, -0.15) is 0 Å². The quantitative estimate of drug-likeness (QED) is 0.137. The third-order valence-corrected chi connectivity index (χ3v) is 16.1. The molecular formula is C44H47N3O3Si. The van der Waals surface area contributed by atoms with E-state index in [4.69, 9.17) is 18.6 Å². The number of anilines is 1. The third kappa shape index (κ3) is 6.55. The second-order valence-corrected chi connectivity index (χ2v) is 19.5. The third-order valence-electron chi connectivity index (χ3n) is 11.1. The molecule has 0 unspecified atom stereocenters. The molecule has 2 aliphatic carbocycles. The lowest BCUT2D eigenvalue weighted by Gasteiger charge is -2.45. The molecule has 1 fully saturated rings. The van der Waals surface area contributed by atoms with E-state index in [9.17, 15) is 0 Å². The fraction of sp³-hybridized carbons (Fsp3) is 0.318. The van der Waals surface area contributed by atoms with Crippen LogP contribution >= 0.6 is 0 Å². The van der Waals surface area contributed by atoms with Crippen molar-refractivity contribution in [2.75, 3.05) is 11.9 Å². The topological polar surface area (TPSA) is 69.4 Å². The number of ether oxygens (including phenoxy) is 1. The van der Waals surface area contributed by atoms with Crippen molar-refractivity contribution in [1.82, 2.24) is 9.97 Å². The predicted molar refractivity (Wildman–Crippen MR) is 207 cm³/mol. The van der Waals surface area contributed by atoms with E-state index in [1.54, 1.807) is 6.33 Å². The number of benzene rings is 4. The van der Waals surface area contributed by atoms with Gasteiger partial charge in [-0.05, 0) is 63.7 Å². The van der Waals surface area contributed by atoms with Crippen molar-refractivity contribution < 1.29 is 13.6 Å². The molecule has 0 bridgehead atoms. The van der Waals surface area contributed by atoms with Gasteiger partial charge in [0.05, 0.1) is 31.6 Å². The molecule has 6 aromatic rings. The highest BCUT2D eigenvalue weighted by Gasteiger charge is 2.53. The summed E-state index contributed by atoms with van der Waals surface area (Å²) in [5.74, 6) is 1.16. The van der Waals surface area contributed by atoms with Gasteiger partial charge in [0.2, 0.25) is 0 Å². The van der Waals surface area contributed by atoms with Crippen molar-refractivity contribution in [1.29, 1.82) is 0 Å². The number of aromatic nitrogens is 2. The lowest BCUT2D eigenvalue weighted by atomic mass is 9.98. The SMILES string of the molecule is CC(C)(C)[Si](O[C@@H]1C[C@H](c2coc3c(N[C@H]4CCc5ccccc54)ncnc23)C[C@H]1COCc1ccccc1)(c1ccccc1)c1ccccc1. The van der Waals surface area contributed by atoms with Crippen LogP contribution in [0.15, 0.2) is 132 Å². The summed E-state index contributed by atoms with van der Waals surface area (Å²) in [6.45, 7) is 8.25. The average molecular weight is 694 g/mol. The molecule has 2 aliphatic rings. The van der Waals surface area contributed by atoms with Crippen LogP contribution in [-0.4, -0.2) is 31.0 Å². The van der Waals surface area contributed by atoms with E-state index >= 15 is 0 Å². The summed E-state index contributed by atoms with van der Waals surface area (Å²) in [5.41, 5.74) is 6.67. The number of aryl methyl sites for hydroxylation is 1. The Morgan fingerprint density at radius 1 is 0.784 bits per heavy atom. The van der Waals surface area contributed by atoms with Gasteiger partial charge in [0.25, 0.3) is 8.32 Å². The lowest BCUT2D eigenvalue weighted by molar-refractivity contribution is 0.0427. The molecule has 0 spiro atoms. The molecule has 4 aromatic carbocycles. The monoisotopic (exact) mass is 693 g/mol. The number of fused-ring (bicyclic) bond motifs is 2. The van der Waals surface area contributed by atoms with E-state index in [2.05, 4.69) is 140 Å². The van der Waals surface area contributed by atoms with Gasteiger partial charge in [-0.25, -0.2) is 9.97 Å². The Hall–Kier alpha value is -4.56. The predicted octanol–water partition coefficient (Wildman–Crippen LogP) is 8.98. The Morgan fingerprint density at radius 2 is 1.45 bits per heavy atom. The minimum absolute atomic E-state index is 0.0172. The number of hydrogen-bond acceptors (Lipinski definition) is 6. The van der Waals surface area contributed by atoms with Crippen LogP contribution in [0.25, 0.3) is 11.1 Å². The Kier molecular flexibility index (Phi) is 9.36. The van der Waals surface area contributed by atoms with Crippen LogP contribution in [0.1, 0.15) is 74.2 Å². The molecule has 260 valence electrons. The van der Waals surface area contributed by atoms with Crippen LogP contribution in [0.5, 0.6) is 0 Å². The molecular weight excluding hydrogens is 647 g/mol. The van der Waals surface area contributed by atoms with Crippen molar-refractivity contribution in [2.45, 2.75) is 76.2 Å². The van der Waals surface area contributed by atoms with Gasteiger partial charge in [-0.1, -0.05) is 136 Å². The Balaban J connectivity index is 1.13. The minimum Gasteiger partial charge on any atom is -0.458 e. The lowest BCUT2D eigenvalue weighted by Crippen LogP contribution is -2.68. The fourth-order valence-electron chi connectivity index (χ4n) is 8.61. The van der Waals surface area contributed by atoms with Gasteiger partial charge in [0.15, 0.2) is 11.4 Å². The summed E-state index contributed by atoms with van der Waals surface area (Å²) in [6.07, 6.45) is 7.47. The number of hydrogen-bond donors (Lipinski definition) is 1. The smallest absolute Gasteiger partial charge is 0.261 e. The van der Waals surface area contributed by atoms with Crippen LogP contribution in [0, 0.1) is 5.92 Å². The van der Waals surface area contributed by atoms with E-state index in [1.807, 2.05) is 12.3 Å². The molecule has 0 saturated heterocycles. The van der Waals surface area contributed by atoms with Gasteiger partial charge in [0.1, 0.15) is 11.8 Å². The van der Waals surface area contributed by atoms with Crippen molar-refractivity contribution in [2.24, 2.45) is 5.92 Å². The molecule has 51 heavy (non-hydrogen) atoms. The summed E-state index contributed by atoms with van der Waals surface area (Å²) >= 11 is 0. The Bertz CT molecular complexity index is 2020. The zero-order valence-corrected chi connectivity index (χ0v) is 30.8. The zero-order chi connectivity index (χ0) is 34.8. The highest BCUT2D eigenvalue weighted by Crippen LogP contribution is 2.47. The number of nitrogens with one attached hydrogen (secondary N) is 1. The van der Waals surface area contributed by atoms with E-state index < -0.39 is 8.32 Å². The summed E-state index contributed by atoms with van der Waals surface area (Å²) in [7, 11) is -2.80. The maximum Gasteiger partial charge on any atom is 0.261 e. The largest absolute Gasteiger partial charge is 0.458 e. The maximum atomic E-state index is 7.82. The Labute approximate surface area is 302 Å². The van der Waals surface area contributed by atoms with Crippen molar-refractivity contribution in [3.05, 3.63) is 150 Å². The molecule has 4 atom stereocenters. The summed E-state index contributed by atoms with van der Waals surface area (Å²) < 4.78 is 20.7. The van der Waals surface area contributed by atoms with E-state index in [-0.39, 0.29) is 29.0 Å². The molecule has 1 N–H and O–H groups in total. The van der Waals surface area contributed by atoms with Gasteiger partial charge in [-0.15, -0.1) is 0 Å². The minimum atomic E-state index is -2.80. The molecule has 0 radical (unpaired) electrons. The van der Waals surface area contributed by atoms with Crippen LogP contribution in [-0.2, 0) is 22.2 Å².